The molecule has 1 N–H and O–H groups in total. The summed E-state index contributed by atoms with van der Waals surface area (Å²) >= 11 is 0. The number of ether oxygens (including phenoxy) is 1. The van der Waals surface area contributed by atoms with Crippen molar-refractivity contribution in [3.05, 3.63) is 35.9 Å². The molecule has 0 amide bonds. The Labute approximate surface area is 111 Å². The van der Waals surface area contributed by atoms with Crippen molar-refractivity contribution in [3.63, 3.8) is 0 Å². The fourth-order valence-electron chi connectivity index (χ4n) is 2.89. The van der Waals surface area contributed by atoms with Gasteiger partial charge in [-0.25, -0.2) is 0 Å². The van der Waals surface area contributed by atoms with E-state index in [-0.39, 0.29) is 0 Å². The van der Waals surface area contributed by atoms with E-state index in [1.165, 1.54) is 18.4 Å². The van der Waals surface area contributed by atoms with E-state index in [4.69, 9.17) is 4.74 Å². The molecule has 1 aliphatic rings. The summed E-state index contributed by atoms with van der Waals surface area (Å²) in [5.74, 6) is 0.606. The molecule has 2 rings (SSSR count). The van der Waals surface area contributed by atoms with Crippen LogP contribution >= 0.6 is 0 Å². The molecule has 0 radical (unpaired) electrons. The first-order valence-electron chi connectivity index (χ1n) is 7.04. The molecule has 0 spiro atoms. The first kappa shape index (κ1) is 13.6. The number of hydrogen-bond acceptors (Lipinski definition) is 2. The van der Waals surface area contributed by atoms with Gasteiger partial charge in [0.15, 0.2) is 0 Å². The van der Waals surface area contributed by atoms with Crippen molar-refractivity contribution in [1.82, 2.24) is 5.32 Å². The molecule has 2 heteroatoms. The average molecular weight is 247 g/mol. The third-order valence-corrected chi connectivity index (χ3v) is 3.96. The summed E-state index contributed by atoms with van der Waals surface area (Å²) in [6.45, 7) is 4.57. The lowest BCUT2D eigenvalue weighted by Gasteiger charge is -2.27. The summed E-state index contributed by atoms with van der Waals surface area (Å²) in [6.07, 6.45) is 4.01. The van der Waals surface area contributed by atoms with Crippen LogP contribution in [0.3, 0.4) is 0 Å². The summed E-state index contributed by atoms with van der Waals surface area (Å²) in [7, 11) is 1.82. The van der Waals surface area contributed by atoms with E-state index >= 15 is 0 Å². The van der Waals surface area contributed by atoms with Crippen LogP contribution < -0.4 is 5.32 Å². The summed E-state index contributed by atoms with van der Waals surface area (Å²) in [5, 5.41) is 3.82. The van der Waals surface area contributed by atoms with Crippen LogP contribution in [0.5, 0.6) is 0 Å². The minimum atomic E-state index is 0.450. The topological polar surface area (TPSA) is 21.3 Å². The van der Waals surface area contributed by atoms with E-state index in [9.17, 15) is 0 Å². The van der Waals surface area contributed by atoms with Crippen LogP contribution in [0, 0.1) is 5.92 Å². The Balaban J connectivity index is 2.00. The average Bonchev–Trinajstić information content (AvgIpc) is 2.84. The smallest absolute Gasteiger partial charge is 0.0586 e. The summed E-state index contributed by atoms with van der Waals surface area (Å²) < 4.78 is 5.45. The van der Waals surface area contributed by atoms with Gasteiger partial charge in [-0.1, -0.05) is 44.2 Å². The van der Waals surface area contributed by atoms with Crippen molar-refractivity contribution in [3.8, 4) is 0 Å². The highest BCUT2D eigenvalue weighted by atomic mass is 16.5. The van der Waals surface area contributed by atoms with E-state index in [2.05, 4.69) is 49.5 Å². The Morgan fingerprint density at radius 1 is 1.17 bits per heavy atom. The molecule has 2 nitrogen and oxygen atoms in total. The maximum Gasteiger partial charge on any atom is 0.0586 e. The van der Waals surface area contributed by atoms with Crippen LogP contribution in [0.1, 0.15) is 44.7 Å². The highest BCUT2D eigenvalue weighted by molar-refractivity contribution is 5.19. The van der Waals surface area contributed by atoms with Gasteiger partial charge in [-0.2, -0.15) is 0 Å². The first-order valence-corrected chi connectivity index (χ1v) is 7.04. The van der Waals surface area contributed by atoms with Crippen LogP contribution in [-0.4, -0.2) is 19.3 Å². The molecule has 1 aliphatic carbocycles. The maximum atomic E-state index is 5.45. The van der Waals surface area contributed by atoms with Gasteiger partial charge in [-0.05, 0) is 30.7 Å². The minimum Gasteiger partial charge on any atom is -0.381 e. The number of benzene rings is 1. The van der Waals surface area contributed by atoms with E-state index in [1.807, 2.05) is 7.11 Å². The normalized spacial score (nSPS) is 25.6. The molecule has 1 saturated carbocycles. The third kappa shape index (κ3) is 3.33. The number of methoxy groups -OCH3 is 1. The van der Waals surface area contributed by atoms with Crippen molar-refractivity contribution in [2.45, 2.75) is 51.3 Å². The van der Waals surface area contributed by atoms with Crippen LogP contribution in [0.2, 0.25) is 0 Å². The van der Waals surface area contributed by atoms with E-state index < -0.39 is 0 Å². The van der Waals surface area contributed by atoms with E-state index in [1.54, 1.807) is 0 Å². The fourth-order valence-corrected chi connectivity index (χ4v) is 2.89. The molecule has 0 aromatic heterocycles. The summed E-state index contributed by atoms with van der Waals surface area (Å²) in [5.41, 5.74) is 1.40. The lowest BCUT2D eigenvalue weighted by atomic mass is 9.95. The molecule has 0 saturated heterocycles. The van der Waals surface area contributed by atoms with Crippen LogP contribution in [-0.2, 0) is 4.74 Å². The highest BCUT2D eigenvalue weighted by Gasteiger charge is 2.27. The van der Waals surface area contributed by atoms with E-state index in [0.29, 0.717) is 24.1 Å². The number of nitrogens with one attached hydrogen (secondary N) is 1. The zero-order chi connectivity index (χ0) is 13.0. The second-order valence-corrected chi connectivity index (χ2v) is 5.67. The number of rotatable bonds is 5. The standard InChI is InChI=1S/C16H25NO/c1-12(2)16(13-7-5-4-6-8-13)17-14-9-10-15(11-14)18-3/h4-8,12,14-17H,9-11H2,1-3H3. The third-order valence-electron chi connectivity index (χ3n) is 3.96. The zero-order valence-electron chi connectivity index (χ0n) is 11.7. The molecule has 3 atom stereocenters. The summed E-state index contributed by atoms with van der Waals surface area (Å²) in [6, 6.07) is 11.8. The van der Waals surface area contributed by atoms with Crippen LogP contribution in [0.4, 0.5) is 0 Å². The predicted octanol–water partition coefficient (Wildman–Crippen LogP) is 3.54. The molecular weight excluding hydrogens is 222 g/mol. The first-order chi connectivity index (χ1) is 8.70. The molecule has 18 heavy (non-hydrogen) atoms. The largest absolute Gasteiger partial charge is 0.381 e. The molecule has 100 valence electrons. The molecule has 0 aliphatic heterocycles. The Kier molecular flexibility index (Phi) is 4.79. The highest BCUT2D eigenvalue weighted by Crippen LogP contribution is 2.27. The molecule has 3 unspecified atom stereocenters. The number of hydrogen-bond donors (Lipinski definition) is 1. The van der Waals surface area contributed by atoms with E-state index in [0.717, 1.165) is 6.42 Å². The van der Waals surface area contributed by atoms with Crippen LogP contribution in [0.25, 0.3) is 0 Å². The summed E-state index contributed by atoms with van der Waals surface area (Å²) in [4.78, 5) is 0. The van der Waals surface area contributed by atoms with Gasteiger partial charge in [0.2, 0.25) is 0 Å². The Morgan fingerprint density at radius 2 is 1.89 bits per heavy atom. The van der Waals surface area contributed by atoms with Crippen LogP contribution in [0.15, 0.2) is 30.3 Å². The molecule has 0 heterocycles. The van der Waals surface area contributed by atoms with Gasteiger partial charge in [0.25, 0.3) is 0 Å². The van der Waals surface area contributed by atoms with Crippen molar-refractivity contribution < 1.29 is 4.74 Å². The molecule has 1 aromatic rings. The van der Waals surface area contributed by atoms with Gasteiger partial charge in [-0.3, -0.25) is 0 Å². The lowest BCUT2D eigenvalue weighted by Crippen LogP contribution is -2.34. The molecule has 1 aromatic carbocycles. The molecular formula is C16H25NO. The van der Waals surface area contributed by atoms with Crippen molar-refractivity contribution in [2.24, 2.45) is 5.92 Å². The fraction of sp³-hybridized carbons (Fsp3) is 0.625. The minimum absolute atomic E-state index is 0.450. The second-order valence-electron chi connectivity index (χ2n) is 5.67. The SMILES string of the molecule is COC1CCC(NC(c2ccccc2)C(C)C)C1. The lowest BCUT2D eigenvalue weighted by molar-refractivity contribution is 0.106. The quantitative estimate of drug-likeness (QED) is 0.859. The Hall–Kier alpha value is -0.860. The Morgan fingerprint density at radius 3 is 2.44 bits per heavy atom. The molecule has 1 fully saturated rings. The van der Waals surface area contributed by atoms with Crippen molar-refractivity contribution in [2.75, 3.05) is 7.11 Å². The zero-order valence-corrected chi connectivity index (χ0v) is 11.7. The van der Waals surface area contributed by atoms with Crippen molar-refractivity contribution in [1.29, 1.82) is 0 Å². The maximum absolute atomic E-state index is 5.45. The van der Waals surface area contributed by atoms with Gasteiger partial charge in [0.05, 0.1) is 6.10 Å². The van der Waals surface area contributed by atoms with Crippen molar-refractivity contribution >= 4 is 0 Å². The molecule has 0 bridgehead atoms. The predicted molar refractivity (Wildman–Crippen MR) is 75.6 cm³/mol. The van der Waals surface area contributed by atoms with Gasteiger partial charge in [0, 0.05) is 19.2 Å². The van der Waals surface area contributed by atoms with Gasteiger partial charge < -0.3 is 10.1 Å². The second kappa shape index (κ2) is 6.35. The van der Waals surface area contributed by atoms with Gasteiger partial charge >= 0.3 is 0 Å². The van der Waals surface area contributed by atoms with Gasteiger partial charge in [-0.15, -0.1) is 0 Å². The monoisotopic (exact) mass is 247 g/mol. The van der Waals surface area contributed by atoms with Gasteiger partial charge in [0.1, 0.15) is 0 Å². The Bertz CT molecular complexity index is 349.